The number of anilines is 1. The molecule has 2 aromatic rings. The Morgan fingerprint density at radius 3 is 2.42 bits per heavy atom. The normalized spacial score (nSPS) is 14.7. The molecule has 1 amide bonds. The Bertz CT molecular complexity index is 860. The number of carbonyl (C=O) groups is 1. The van der Waals surface area contributed by atoms with Gasteiger partial charge in [-0.15, -0.1) is 0 Å². The van der Waals surface area contributed by atoms with Crippen LogP contribution in [0.15, 0.2) is 40.9 Å². The molecule has 1 aliphatic rings. The Balaban J connectivity index is 2.12. The molecule has 3 rings (SSSR count). The fraction of sp³-hybridized carbons (Fsp3) is 0.286. The van der Waals surface area contributed by atoms with Crippen LogP contribution in [0, 0.1) is 0 Å². The Morgan fingerprint density at radius 2 is 1.73 bits per heavy atom. The lowest BCUT2D eigenvalue weighted by Crippen LogP contribution is -2.25. The van der Waals surface area contributed by atoms with Crippen LogP contribution in [0.4, 0.5) is 5.69 Å². The summed E-state index contributed by atoms with van der Waals surface area (Å²) < 4.78 is 12.3. The van der Waals surface area contributed by atoms with Crippen molar-refractivity contribution in [2.45, 2.75) is 20.8 Å². The molecular formula is C21H22BrNO3. The Labute approximate surface area is 162 Å². The van der Waals surface area contributed by atoms with E-state index in [4.69, 9.17) is 9.47 Å². The number of halogens is 1. The van der Waals surface area contributed by atoms with Crippen molar-refractivity contribution in [1.29, 1.82) is 0 Å². The lowest BCUT2D eigenvalue weighted by Gasteiger charge is -2.14. The van der Waals surface area contributed by atoms with Crippen LogP contribution >= 0.6 is 15.9 Å². The summed E-state index contributed by atoms with van der Waals surface area (Å²) in [6, 6.07) is 11.7. The summed E-state index contributed by atoms with van der Waals surface area (Å²) in [7, 11) is 0. The van der Waals surface area contributed by atoms with Crippen molar-refractivity contribution < 1.29 is 14.3 Å². The minimum absolute atomic E-state index is 0.0150. The number of amides is 1. The van der Waals surface area contributed by atoms with Crippen LogP contribution < -0.4 is 14.4 Å². The molecular weight excluding hydrogens is 394 g/mol. The highest BCUT2D eigenvalue weighted by Crippen LogP contribution is 2.40. The number of hydrogen-bond donors (Lipinski definition) is 0. The second-order valence-corrected chi connectivity index (χ2v) is 6.67. The van der Waals surface area contributed by atoms with Gasteiger partial charge in [0.1, 0.15) is 11.5 Å². The van der Waals surface area contributed by atoms with Gasteiger partial charge in [-0.1, -0.05) is 18.2 Å². The zero-order valence-corrected chi connectivity index (χ0v) is 16.8. The van der Waals surface area contributed by atoms with Gasteiger partial charge in [0.25, 0.3) is 5.91 Å². The summed E-state index contributed by atoms with van der Waals surface area (Å²) in [4.78, 5) is 14.7. The molecule has 0 spiro atoms. The van der Waals surface area contributed by atoms with Crippen molar-refractivity contribution in [3.8, 4) is 11.5 Å². The van der Waals surface area contributed by atoms with Gasteiger partial charge in [0, 0.05) is 29.3 Å². The largest absolute Gasteiger partial charge is 0.493 e. The second kappa shape index (κ2) is 7.96. The number of likely N-dealkylation sites (N-methyl/N-ethyl adjacent to an activating group) is 1. The molecule has 0 atom stereocenters. The highest BCUT2D eigenvalue weighted by Gasteiger charge is 2.31. The van der Waals surface area contributed by atoms with Gasteiger partial charge < -0.3 is 14.4 Å². The topological polar surface area (TPSA) is 38.8 Å². The number of para-hydroxylation sites is 1. The number of hydrogen-bond acceptors (Lipinski definition) is 3. The highest BCUT2D eigenvalue weighted by molar-refractivity contribution is 9.10. The van der Waals surface area contributed by atoms with Crippen LogP contribution in [0.2, 0.25) is 0 Å². The van der Waals surface area contributed by atoms with E-state index in [1.165, 1.54) is 0 Å². The summed E-state index contributed by atoms with van der Waals surface area (Å²) in [5, 5.41) is 0. The molecule has 5 heteroatoms. The first-order valence-corrected chi connectivity index (χ1v) is 9.62. The van der Waals surface area contributed by atoms with Gasteiger partial charge in [-0.3, -0.25) is 4.79 Å². The molecule has 0 radical (unpaired) electrons. The van der Waals surface area contributed by atoms with E-state index in [1.807, 2.05) is 63.2 Å². The Hall–Kier alpha value is -2.27. The third-order valence-corrected chi connectivity index (χ3v) is 4.86. The van der Waals surface area contributed by atoms with Gasteiger partial charge in [-0.2, -0.15) is 0 Å². The van der Waals surface area contributed by atoms with Crippen molar-refractivity contribution in [1.82, 2.24) is 0 Å². The third-order valence-electron chi connectivity index (χ3n) is 4.24. The summed E-state index contributed by atoms with van der Waals surface area (Å²) in [6.45, 7) is 7.61. The molecule has 2 aromatic carbocycles. The standard InChI is InChI=1S/C21H22BrNO3/c1-4-23-18-10-8-7-9-15(18)16(21(23)24)11-14-12-17(22)20(26-6-3)13-19(14)25-5-2/h7-13H,4-6H2,1-3H3/b16-11-. The van der Waals surface area contributed by atoms with E-state index >= 15 is 0 Å². The van der Waals surface area contributed by atoms with Crippen molar-refractivity contribution >= 4 is 39.2 Å². The monoisotopic (exact) mass is 415 g/mol. The molecule has 0 saturated heterocycles. The molecule has 1 aliphatic heterocycles. The van der Waals surface area contributed by atoms with E-state index in [0.29, 0.717) is 31.1 Å². The van der Waals surface area contributed by atoms with Gasteiger partial charge >= 0.3 is 0 Å². The molecule has 26 heavy (non-hydrogen) atoms. The minimum atomic E-state index is 0.0150. The average Bonchev–Trinajstić information content (AvgIpc) is 2.90. The van der Waals surface area contributed by atoms with Crippen LogP contribution in [0.25, 0.3) is 11.6 Å². The van der Waals surface area contributed by atoms with E-state index in [-0.39, 0.29) is 5.91 Å². The molecule has 0 aromatic heterocycles. The molecule has 0 aliphatic carbocycles. The molecule has 0 saturated carbocycles. The average molecular weight is 416 g/mol. The third kappa shape index (κ3) is 3.36. The van der Waals surface area contributed by atoms with Gasteiger partial charge in [0.15, 0.2) is 0 Å². The number of carbonyl (C=O) groups excluding carboxylic acids is 1. The fourth-order valence-corrected chi connectivity index (χ4v) is 3.60. The van der Waals surface area contributed by atoms with Crippen LogP contribution in [-0.2, 0) is 4.79 Å². The van der Waals surface area contributed by atoms with Crippen molar-refractivity contribution in [2.24, 2.45) is 0 Å². The fourth-order valence-electron chi connectivity index (χ4n) is 3.13. The van der Waals surface area contributed by atoms with E-state index < -0.39 is 0 Å². The van der Waals surface area contributed by atoms with Crippen LogP contribution in [-0.4, -0.2) is 25.7 Å². The maximum absolute atomic E-state index is 12.9. The van der Waals surface area contributed by atoms with Gasteiger partial charge in [0.2, 0.25) is 0 Å². The first-order valence-electron chi connectivity index (χ1n) is 8.82. The zero-order chi connectivity index (χ0) is 18.7. The number of ether oxygens (including phenoxy) is 2. The number of benzene rings is 2. The first-order chi connectivity index (χ1) is 12.6. The molecule has 4 nitrogen and oxygen atoms in total. The Morgan fingerprint density at radius 1 is 1.04 bits per heavy atom. The number of nitrogens with zero attached hydrogens (tertiary/aromatic N) is 1. The van der Waals surface area contributed by atoms with Gasteiger partial charge in [0.05, 0.1) is 23.4 Å². The smallest absolute Gasteiger partial charge is 0.258 e. The van der Waals surface area contributed by atoms with E-state index in [2.05, 4.69) is 15.9 Å². The lowest BCUT2D eigenvalue weighted by molar-refractivity contribution is -0.112. The van der Waals surface area contributed by atoms with E-state index in [9.17, 15) is 4.79 Å². The molecule has 0 N–H and O–H groups in total. The molecule has 0 fully saturated rings. The predicted molar refractivity (Wildman–Crippen MR) is 109 cm³/mol. The minimum Gasteiger partial charge on any atom is -0.493 e. The summed E-state index contributed by atoms with van der Waals surface area (Å²) in [6.07, 6.45) is 1.91. The van der Waals surface area contributed by atoms with E-state index in [1.54, 1.807) is 4.90 Å². The molecule has 0 bridgehead atoms. The van der Waals surface area contributed by atoms with E-state index in [0.717, 1.165) is 27.0 Å². The second-order valence-electron chi connectivity index (χ2n) is 5.81. The Kier molecular flexibility index (Phi) is 5.67. The molecule has 136 valence electrons. The SMILES string of the molecule is CCOc1cc(OCC)c(/C=C2\C(=O)N(CC)c3ccccc32)cc1Br. The zero-order valence-electron chi connectivity index (χ0n) is 15.2. The van der Waals surface area contributed by atoms with Gasteiger partial charge in [-0.25, -0.2) is 0 Å². The summed E-state index contributed by atoms with van der Waals surface area (Å²) >= 11 is 3.55. The van der Waals surface area contributed by atoms with Gasteiger partial charge in [-0.05, 0) is 54.9 Å². The number of rotatable bonds is 6. The molecule has 0 unspecified atom stereocenters. The first kappa shape index (κ1) is 18.5. The highest BCUT2D eigenvalue weighted by atomic mass is 79.9. The van der Waals surface area contributed by atoms with Crippen LogP contribution in [0.5, 0.6) is 11.5 Å². The quantitative estimate of drug-likeness (QED) is 0.611. The van der Waals surface area contributed by atoms with Crippen molar-refractivity contribution in [2.75, 3.05) is 24.7 Å². The maximum Gasteiger partial charge on any atom is 0.258 e. The maximum atomic E-state index is 12.9. The van der Waals surface area contributed by atoms with Crippen LogP contribution in [0.1, 0.15) is 31.9 Å². The van der Waals surface area contributed by atoms with Crippen LogP contribution in [0.3, 0.4) is 0 Å². The number of fused-ring (bicyclic) bond motifs is 1. The summed E-state index contributed by atoms with van der Waals surface area (Å²) in [5.74, 6) is 1.44. The molecule has 1 heterocycles. The summed E-state index contributed by atoms with van der Waals surface area (Å²) in [5.41, 5.74) is 3.43. The lowest BCUT2D eigenvalue weighted by atomic mass is 10.0. The predicted octanol–water partition coefficient (Wildman–Crippen LogP) is 5.15. The van der Waals surface area contributed by atoms with Crippen molar-refractivity contribution in [3.05, 3.63) is 52.0 Å². The van der Waals surface area contributed by atoms with Crippen molar-refractivity contribution in [3.63, 3.8) is 0 Å².